The van der Waals surface area contributed by atoms with E-state index < -0.39 is 11.6 Å². The second-order valence-corrected chi connectivity index (χ2v) is 6.81. The van der Waals surface area contributed by atoms with Crippen LogP contribution in [0.1, 0.15) is 24.2 Å². The Hall–Kier alpha value is -3.42. The minimum absolute atomic E-state index is 0.171. The fourth-order valence-corrected chi connectivity index (χ4v) is 3.49. The van der Waals surface area contributed by atoms with Gasteiger partial charge in [-0.3, -0.25) is 0 Å². The molecule has 140 valence electrons. The monoisotopic (exact) mass is 379 g/mol. The molecule has 0 aliphatic heterocycles. The highest BCUT2D eigenvalue weighted by atomic mass is 19.1. The smallest absolute Gasteiger partial charge is 0.271 e. The quantitative estimate of drug-likeness (QED) is 0.543. The molecule has 0 spiro atoms. The second-order valence-electron chi connectivity index (χ2n) is 6.81. The fourth-order valence-electron chi connectivity index (χ4n) is 3.49. The second kappa shape index (κ2) is 6.05. The van der Waals surface area contributed by atoms with Crippen LogP contribution in [0.2, 0.25) is 0 Å². The summed E-state index contributed by atoms with van der Waals surface area (Å²) in [6, 6.07) is 11.2. The van der Waals surface area contributed by atoms with Crippen LogP contribution in [0.25, 0.3) is 17.0 Å². The number of fused-ring (bicyclic) bond motifs is 1. The first-order valence-corrected chi connectivity index (χ1v) is 8.80. The minimum Gasteiger partial charge on any atom is -0.497 e. The maximum atomic E-state index is 14.2. The Morgan fingerprint density at radius 3 is 2.50 bits per heavy atom. The molecule has 2 aromatic heterocycles. The Bertz CT molecular complexity index is 1190. The van der Waals surface area contributed by atoms with Gasteiger partial charge in [-0.2, -0.15) is 9.61 Å². The highest BCUT2D eigenvalue weighted by Crippen LogP contribution is 2.52. The normalized spacial score (nSPS) is 15.0. The molecule has 2 aromatic carbocycles. The number of ether oxygens (including phenoxy) is 1. The van der Waals surface area contributed by atoms with Crippen molar-refractivity contribution in [2.24, 2.45) is 0 Å². The van der Waals surface area contributed by atoms with Gasteiger partial charge in [0, 0.05) is 11.6 Å². The van der Waals surface area contributed by atoms with E-state index in [0.29, 0.717) is 11.6 Å². The molecule has 6 nitrogen and oxygen atoms in total. The Balaban J connectivity index is 1.62. The number of methoxy groups -OCH3 is 1. The van der Waals surface area contributed by atoms with Crippen molar-refractivity contribution in [3.05, 3.63) is 71.7 Å². The highest BCUT2D eigenvalue weighted by molar-refractivity contribution is 5.59. The zero-order chi connectivity index (χ0) is 19.3. The van der Waals surface area contributed by atoms with E-state index in [1.54, 1.807) is 11.6 Å². The van der Waals surface area contributed by atoms with Crippen LogP contribution in [-0.2, 0) is 5.41 Å². The van der Waals surface area contributed by atoms with Gasteiger partial charge in [0.25, 0.3) is 5.78 Å². The fraction of sp³-hybridized carbons (Fsp3) is 0.200. The lowest BCUT2D eigenvalue weighted by atomic mass is 9.95. The standard InChI is InChI=1S/C20H15F2N5O/c1-28-14-5-2-12(3-6-14)20(8-9-20)18-24-25-19-23-11-17(26-27(18)19)15-7-4-13(21)10-16(15)22/h2-7,10-11H,8-9H2,1H3. The molecular weight excluding hydrogens is 364 g/mol. The van der Waals surface area contributed by atoms with Crippen LogP contribution in [0.5, 0.6) is 5.75 Å². The molecule has 0 atom stereocenters. The molecular formula is C20H15F2N5O. The van der Waals surface area contributed by atoms with E-state index in [2.05, 4.69) is 20.3 Å². The zero-order valence-corrected chi connectivity index (χ0v) is 14.9. The maximum Gasteiger partial charge on any atom is 0.271 e. The van der Waals surface area contributed by atoms with Crippen LogP contribution in [0.15, 0.2) is 48.7 Å². The van der Waals surface area contributed by atoms with Crippen molar-refractivity contribution in [2.45, 2.75) is 18.3 Å². The first kappa shape index (κ1) is 16.7. The van der Waals surface area contributed by atoms with E-state index in [9.17, 15) is 8.78 Å². The molecule has 28 heavy (non-hydrogen) atoms. The van der Waals surface area contributed by atoms with Gasteiger partial charge in [-0.1, -0.05) is 12.1 Å². The summed E-state index contributed by atoms with van der Waals surface area (Å²) in [6.45, 7) is 0. The lowest BCUT2D eigenvalue weighted by Crippen LogP contribution is -2.15. The Kier molecular flexibility index (Phi) is 3.61. The summed E-state index contributed by atoms with van der Waals surface area (Å²) < 4.78 is 34.2. The largest absolute Gasteiger partial charge is 0.497 e. The van der Waals surface area contributed by atoms with Gasteiger partial charge in [0.1, 0.15) is 23.1 Å². The molecule has 0 bridgehead atoms. The lowest BCUT2D eigenvalue weighted by molar-refractivity contribution is 0.414. The average Bonchev–Trinajstić information content (AvgIpc) is 3.40. The summed E-state index contributed by atoms with van der Waals surface area (Å²) in [5.41, 5.74) is 1.24. The molecule has 2 heterocycles. The molecule has 1 aliphatic carbocycles. The minimum atomic E-state index is -0.695. The van der Waals surface area contributed by atoms with Gasteiger partial charge < -0.3 is 4.74 Å². The summed E-state index contributed by atoms with van der Waals surface area (Å²) in [4.78, 5) is 4.25. The highest BCUT2D eigenvalue weighted by Gasteiger charge is 2.50. The summed E-state index contributed by atoms with van der Waals surface area (Å²) in [5.74, 6) is 0.432. The number of hydrogen-bond acceptors (Lipinski definition) is 5. The van der Waals surface area contributed by atoms with Gasteiger partial charge in [0.05, 0.1) is 18.7 Å². The predicted octanol–water partition coefficient (Wildman–Crippen LogP) is 3.55. The summed E-state index contributed by atoms with van der Waals surface area (Å²) in [5, 5.41) is 12.9. The Morgan fingerprint density at radius 1 is 1.04 bits per heavy atom. The molecule has 1 aliphatic rings. The van der Waals surface area contributed by atoms with E-state index >= 15 is 0 Å². The third-order valence-electron chi connectivity index (χ3n) is 5.16. The average molecular weight is 379 g/mol. The van der Waals surface area contributed by atoms with E-state index in [1.165, 1.54) is 18.3 Å². The molecule has 0 amide bonds. The van der Waals surface area contributed by atoms with Gasteiger partial charge in [0.15, 0.2) is 5.82 Å². The number of aromatic nitrogens is 5. The molecule has 0 radical (unpaired) electrons. The van der Waals surface area contributed by atoms with Gasteiger partial charge in [0.2, 0.25) is 0 Å². The van der Waals surface area contributed by atoms with Crippen molar-refractivity contribution < 1.29 is 13.5 Å². The lowest BCUT2D eigenvalue weighted by Gasteiger charge is -2.14. The first-order chi connectivity index (χ1) is 13.6. The van der Waals surface area contributed by atoms with Crippen molar-refractivity contribution >= 4 is 5.78 Å². The Labute approximate surface area is 158 Å². The predicted molar refractivity (Wildman–Crippen MR) is 96.9 cm³/mol. The Morgan fingerprint density at radius 2 is 1.82 bits per heavy atom. The topological polar surface area (TPSA) is 65.2 Å². The van der Waals surface area contributed by atoms with Gasteiger partial charge in [-0.25, -0.2) is 13.8 Å². The van der Waals surface area contributed by atoms with E-state index in [1.807, 2.05) is 24.3 Å². The molecule has 0 saturated heterocycles. The van der Waals surface area contributed by atoms with Crippen LogP contribution < -0.4 is 4.74 Å². The molecule has 5 rings (SSSR count). The van der Waals surface area contributed by atoms with Crippen LogP contribution in [-0.4, -0.2) is 31.9 Å². The number of benzene rings is 2. The molecule has 0 unspecified atom stereocenters. The van der Waals surface area contributed by atoms with Crippen molar-refractivity contribution in [2.75, 3.05) is 7.11 Å². The number of rotatable bonds is 4. The number of halogens is 2. The van der Waals surface area contributed by atoms with Crippen LogP contribution in [0.4, 0.5) is 8.78 Å². The van der Waals surface area contributed by atoms with Crippen LogP contribution in [0, 0.1) is 11.6 Å². The zero-order valence-electron chi connectivity index (χ0n) is 14.9. The molecule has 1 fully saturated rings. The summed E-state index contributed by atoms with van der Waals surface area (Å²) in [7, 11) is 1.62. The van der Waals surface area contributed by atoms with Crippen LogP contribution in [0.3, 0.4) is 0 Å². The van der Waals surface area contributed by atoms with Crippen molar-refractivity contribution in [3.63, 3.8) is 0 Å². The van der Waals surface area contributed by atoms with Crippen molar-refractivity contribution in [1.29, 1.82) is 0 Å². The van der Waals surface area contributed by atoms with E-state index in [-0.39, 0.29) is 16.7 Å². The number of nitrogens with zero attached hydrogens (tertiary/aromatic N) is 5. The number of hydrogen-bond donors (Lipinski definition) is 0. The third-order valence-corrected chi connectivity index (χ3v) is 5.16. The third kappa shape index (κ3) is 2.52. The summed E-state index contributed by atoms with van der Waals surface area (Å²) >= 11 is 0. The van der Waals surface area contributed by atoms with Gasteiger partial charge >= 0.3 is 0 Å². The molecule has 4 aromatic rings. The molecule has 1 saturated carbocycles. The van der Waals surface area contributed by atoms with Gasteiger partial charge in [-0.15, -0.1) is 10.2 Å². The van der Waals surface area contributed by atoms with Crippen molar-refractivity contribution in [3.8, 4) is 17.0 Å². The van der Waals surface area contributed by atoms with Gasteiger partial charge in [-0.05, 0) is 42.7 Å². The van der Waals surface area contributed by atoms with E-state index in [0.717, 1.165) is 30.2 Å². The first-order valence-electron chi connectivity index (χ1n) is 8.80. The molecule has 0 N–H and O–H groups in total. The SMILES string of the molecule is COc1ccc(C2(c3nnc4ncc(-c5ccc(F)cc5F)nn34)CC2)cc1. The van der Waals surface area contributed by atoms with Crippen molar-refractivity contribution in [1.82, 2.24) is 24.8 Å². The maximum absolute atomic E-state index is 14.2. The van der Waals surface area contributed by atoms with Crippen LogP contribution >= 0.6 is 0 Å². The summed E-state index contributed by atoms with van der Waals surface area (Å²) in [6.07, 6.45) is 3.21. The van der Waals surface area contributed by atoms with E-state index in [4.69, 9.17) is 4.74 Å². The molecule has 8 heteroatoms.